The Morgan fingerprint density at radius 1 is 1.61 bits per heavy atom. The van der Waals surface area contributed by atoms with Crippen LogP contribution in [0.5, 0.6) is 0 Å². The van der Waals surface area contributed by atoms with Crippen LogP contribution in [0.3, 0.4) is 0 Å². The average Bonchev–Trinajstić information content (AvgIpc) is 2.77. The van der Waals surface area contributed by atoms with E-state index in [4.69, 9.17) is 10.5 Å². The number of hydrogen-bond donors (Lipinski definition) is 1. The van der Waals surface area contributed by atoms with Crippen molar-refractivity contribution in [2.75, 3.05) is 5.73 Å². The molecule has 1 fully saturated rings. The minimum atomic E-state index is -0.329. The molecule has 1 aliphatic heterocycles. The van der Waals surface area contributed by atoms with Crippen LogP contribution < -0.4 is 11.4 Å². The largest absolute Gasteiger partial charge is 0.383 e. The first-order valence-electron chi connectivity index (χ1n) is 6.60. The molecule has 0 aromatic carbocycles. The number of nitrogens with zero attached hydrogens (tertiary/aromatic N) is 2. The molecule has 2 N–H and O–H groups in total. The van der Waals surface area contributed by atoms with E-state index >= 15 is 0 Å². The highest BCUT2D eigenvalue weighted by Gasteiger charge is 2.28. The van der Waals surface area contributed by atoms with Crippen LogP contribution in [-0.2, 0) is 4.74 Å². The summed E-state index contributed by atoms with van der Waals surface area (Å²) < 4.78 is 7.46. The van der Waals surface area contributed by atoms with Crippen LogP contribution in [-0.4, -0.2) is 15.7 Å². The predicted octanol–water partition coefficient (Wildman–Crippen LogP) is 1.94. The minimum absolute atomic E-state index is 0.181. The lowest BCUT2D eigenvalue weighted by Gasteiger charge is -2.17. The summed E-state index contributed by atoms with van der Waals surface area (Å²) in [5, 5.41) is 0. The van der Waals surface area contributed by atoms with Gasteiger partial charge in [-0.2, -0.15) is 4.98 Å². The lowest BCUT2D eigenvalue weighted by molar-refractivity contribution is -0.0100. The summed E-state index contributed by atoms with van der Waals surface area (Å²) in [7, 11) is 0. The van der Waals surface area contributed by atoms with Crippen molar-refractivity contribution in [2.45, 2.75) is 51.9 Å². The molecule has 3 atom stereocenters. The van der Waals surface area contributed by atoms with Crippen molar-refractivity contribution in [3.63, 3.8) is 0 Å². The van der Waals surface area contributed by atoms with E-state index in [-0.39, 0.29) is 23.8 Å². The molecule has 0 aliphatic carbocycles. The fourth-order valence-electron chi connectivity index (χ4n) is 2.33. The van der Waals surface area contributed by atoms with Crippen molar-refractivity contribution >= 4 is 5.82 Å². The number of nitrogen functional groups attached to an aromatic ring is 1. The van der Waals surface area contributed by atoms with Gasteiger partial charge in [0.2, 0.25) is 0 Å². The molecule has 2 rings (SSSR count). The third-order valence-corrected chi connectivity index (χ3v) is 3.61. The van der Waals surface area contributed by atoms with Gasteiger partial charge < -0.3 is 10.5 Å². The predicted molar refractivity (Wildman–Crippen MR) is 70.1 cm³/mol. The Kier molecular flexibility index (Phi) is 4.01. The van der Waals surface area contributed by atoms with E-state index in [9.17, 15) is 4.79 Å². The van der Waals surface area contributed by atoms with Crippen LogP contribution >= 0.6 is 0 Å². The van der Waals surface area contributed by atoms with Gasteiger partial charge in [0.15, 0.2) is 0 Å². The van der Waals surface area contributed by atoms with Crippen LogP contribution in [0.4, 0.5) is 5.82 Å². The highest BCUT2D eigenvalue weighted by Crippen LogP contribution is 2.31. The molecule has 2 heterocycles. The first-order chi connectivity index (χ1) is 8.60. The SMILES string of the molecule is CCC(C)CC1CCC(n2ccc(N)nc2=O)O1. The zero-order chi connectivity index (χ0) is 13.1. The quantitative estimate of drug-likeness (QED) is 0.887. The maximum absolute atomic E-state index is 11.7. The van der Waals surface area contributed by atoms with E-state index in [0.717, 1.165) is 25.7 Å². The molecule has 3 unspecified atom stereocenters. The molecule has 5 heteroatoms. The molecule has 0 spiro atoms. The van der Waals surface area contributed by atoms with Crippen LogP contribution in [0.25, 0.3) is 0 Å². The lowest BCUT2D eigenvalue weighted by atomic mass is 10.00. The molecule has 0 saturated carbocycles. The standard InChI is InChI=1S/C13H21N3O2/c1-3-9(2)8-10-4-5-12(18-10)16-7-6-11(14)15-13(16)17/h6-7,9-10,12H,3-5,8H2,1-2H3,(H2,14,15,17). The minimum Gasteiger partial charge on any atom is -0.383 e. The van der Waals surface area contributed by atoms with Crippen molar-refractivity contribution in [1.82, 2.24) is 9.55 Å². The van der Waals surface area contributed by atoms with E-state index in [2.05, 4.69) is 18.8 Å². The van der Waals surface area contributed by atoms with Gasteiger partial charge in [0.05, 0.1) is 6.10 Å². The highest BCUT2D eigenvalue weighted by atomic mass is 16.5. The Hall–Kier alpha value is -1.36. The second-order valence-corrected chi connectivity index (χ2v) is 5.08. The first-order valence-corrected chi connectivity index (χ1v) is 6.60. The van der Waals surface area contributed by atoms with Crippen molar-refractivity contribution in [3.8, 4) is 0 Å². The first kappa shape index (κ1) is 13.1. The third-order valence-electron chi connectivity index (χ3n) is 3.61. The Labute approximate surface area is 107 Å². The lowest BCUT2D eigenvalue weighted by Crippen LogP contribution is -2.27. The Balaban J connectivity index is 2.02. The van der Waals surface area contributed by atoms with E-state index < -0.39 is 0 Å². The zero-order valence-corrected chi connectivity index (χ0v) is 11.0. The number of rotatable bonds is 4. The summed E-state index contributed by atoms with van der Waals surface area (Å²) in [5.41, 5.74) is 5.14. The average molecular weight is 251 g/mol. The molecule has 18 heavy (non-hydrogen) atoms. The number of anilines is 1. The van der Waals surface area contributed by atoms with Gasteiger partial charge in [-0.1, -0.05) is 20.3 Å². The molecule has 0 bridgehead atoms. The van der Waals surface area contributed by atoms with Gasteiger partial charge in [-0.15, -0.1) is 0 Å². The van der Waals surface area contributed by atoms with Crippen LogP contribution in [0.1, 0.15) is 45.8 Å². The zero-order valence-electron chi connectivity index (χ0n) is 11.0. The maximum Gasteiger partial charge on any atom is 0.351 e. The normalized spacial score (nSPS) is 25.2. The van der Waals surface area contributed by atoms with Crippen LogP contribution in [0.15, 0.2) is 17.1 Å². The number of aromatic nitrogens is 2. The van der Waals surface area contributed by atoms with E-state index in [0.29, 0.717) is 5.92 Å². The molecular weight excluding hydrogens is 230 g/mol. The maximum atomic E-state index is 11.7. The second-order valence-electron chi connectivity index (χ2n) is 5.08. The summed E-state index contributed by atoms with van der Waals surface area (Å²) in [6, 6.07) is 1.63. The fraction of sp³-hybridized carbons (Fsp3) is 0.692. The van der Waals surface area contributed by atoms with Crippen molar-refractivity contribution in [2.24, 2.45) is 5.92 Å². The van der Waals surface area contributed by atoms with Gasteiger partial charge in [-0.3, -0.25) is 4.57 Å². The molecule has 1 aliphatic rings. The fourth-order valence-corrected chi connectivity index (χ4v) is 2.33. The molecule has 5 nitrogen and oxygen atoms in total. The number of hydrogen-bond acceptors (Lipinski definition) is 4. The topological polar surface area (TPSA) is 70.1 Å². The van der Waals surface area contributed by atoms with E-state index in [1.807, 2.05) is 0 Å². The van der Waals surface area contributed by atoms with Crippen LogP contribution in [0, 0.1) is 5.92 Å². The van der Waals surface area contributed by atoms with E-state index in [1.165, 1.54) is 4.57 Å². The molecule has 0 amide bonds. The van der Waals surface area contributed by atoms with Crippen molar-refractivity contribution in [1.29, 1.82) is 0 Å². The Bertz CT molecular complexity index is 458. The highest BCUT2D eigenvalue weighted by molar-refractivity contribution is 5.23. The van der Waals surface area contributed by atoms with Crippen molar-refractivity contribution in [3.05, 3.63) is 22.7 Å². The molecular formula is C13H21N3O2. The smallest absolute Gasteiger partial charge is 0.351 e. The van der Waals surface area contributed by atoms with Gasteiger partial charge in [0.25, 0.3) is 0 Å². The molecule has 1 saturated heterocycles. The van der Waals surface area contributed by atoms with Crippen molar-refractivity contribution < 1.29 is 4.74 Å². The molecule has 100 valence electrons. The van der Waals surface area contributed by atoms with Gasteiger partial charge in [0, 0.05) is 6.20 Å². The van der Waals surface area contributed by atoms with Gasteiger partial charge in [-0.25, -0.2) is 4.79 Å². The van der Waals surface area contributed by atoms with Gasteiger partial charge in [0.1, 0.15) is 12.0 Å². The third kappa shape index (κ3) is 2.90. The second kappa shape index (κ2) is 5.52. The monoisotopic (exact) mass is 251 g/mol. The number of ether oxygens (including phenoxy) is 1. The van der Waals surface area contributed by atoms with E-state index in [1.54, 1.807) is 12.3 Å². The Morgan fingerprint density at radius 3 is 3.06 bits per heavy atom. The van der Waals surface area contributed by atoms with Crippen LogP contribution in [0.2, 0.25) is 0 Å². The summed E-state index contributed by atoms with van der Waals surface area (Å²) in [6.45, 7) is 4.42. The Morgan fingerprint density at radius 2 is 2.39 bits per heavy atom. The molecule has 1 aromatic heterocycles. The molecule has 0 radical (unpaired) electrons. The summed E-state index contributed by atoms with van der Waals surface area (Å²) in [6.07, 6.45) is 5.84. The summed E-state index contributed by atoms with van der Waals surface area (Å²) in [5.74, 6) is 0.917. The summed E-state index contributed by atoms with van der Waals surface area (Å²) >= 11 is 0. The van der Waals surface area contributed by atoms with Gasteiger partial charge >= 0.3 is 5.69 Å². The number of nitrogens with two attached hydrogens (primary N) is 1. The summed E-state index contributed by atoms with van der Waals surface area (Å²) in [4.78, 5) is 15.4. The molecule has 1 aromatic rings. The van der Waals surface area contributed by atoms with Gasteiger partial charge in [-0.05, 0) is 31.2 Å².